The van der Waals surface area contributed by atoms with Crippen LogP contribution in [0.15, 0.2) is 11.6 Å². The summed E-state index contributed by atoms with van der Waals surface area (Å²) in [7, 11) is 0. The maximum absolute atomic E-state index is 10.8. The van der Waals surface area contributed by atoms with Gasteiger partial charge in [0, 0.05) is 5.41 Å². The van der Waals surface area contributed by atoms with Gasteiger partial charge in [0.15, 0.2) is 0 Å². The van der Waals surface area contributed by atoms with E-state index in [1.54, 1.807) is 0 Å². The van der Waals surface area contributed by atoms with Crippen LogP contribution in [0.2, 0.25) is 0 Å². The fourth-order valence-electron chi connectivity index (χ4n) is 5.08. The van der Waals surface area contributed by atoms with Gasteiger partial charge in [-0.05, 0) is 57.4 Å². The fourth-order valence-corrected chi connectivity index (χ4v) is 5.08. The zero-order chi connectivity index (χ0) is 15.5. The van der Waals surface area contributed by atoms with Crippen LogP contribution in [0.3, 0.4) is 0 Å². The molecule has 1 saturated heterocycles. The SMILES string of the molecule is CCC[C@@H](O)C1=CCC[C@@]2(C)[C@H](O)C[C@@H]3C[C@]12OC3(C)C. The van der Waals surface area contributed by atoms with E-state index in [4.69, 9.17) is 4.74 Å². The van der Waals surface area contributed by atoms with Gasteiger partial charge in [-0.25, -0.2) is 0 Å². The van der Waals surface area contributed by atoms with Crippen LogP contribution in [0.4, 0.5) is 0 Å². The van der Waals surface area contributed by atoms with Gasteiger partial charge in [-0.2, -0.15) is 0 Å². The first-order chi connectivity index (χ1) is 9.77. The van der Waals surface area contributed by atoms with E-state index in [2.05, 4.69) is 33.8 Å². The first kappa shape index (κ1) is 15.5. The van der Waals surface area contributed by atoms with E-state index in [0.29, 0.717) is 5.92 Å². The molecule has 3 rings (SSSR count). The summed E-state index contributed by atoms with van der Waals surface area (Å²) >= 11 is 0. The Morgan fingerprint density at radius 2 is 2.10 bits per heavy atom. The fraction of sp³-hybridized carbons (Fsp3) is 0.889. The lowest BCUT2D eigenvalue weighted by Gasteiger charge is -2.55. The standard InChI is InChI=1S/C18H30O3/c1-5-7-14(19)13-8-6-9-17(4)15(20)10-12-11-18(13,17)21-16(12,2)3/h8,12,14-15,19-20H,5-7,9-11H2,1-4H3/t12-,14-,15-,17+,18+/m1/s1. The molecular weight excluding hydrogens is 264 g/mol. The maximum atomic E-state index is 10.8. The van der Waals surface area contributed by atoms with Gasteiger partial charge in [-0.15, -0.1) is 0 Å². The van der Waals surface area contributed by atoms with Crippen molar-refractivity contribution in [2.24, 2.45) is 11.3 Å². The van der Waals surface area contributed by atoms with Crippen LogP contribution in [-0.2, 0) is 4.74 Å². The lowest BCUT2D eigenvalue weighted by molar-refractivity contribution is -0.168. The van der Waals surface area contributed by atoms with Crippen LogP contribution >= 0.6 is 0 Å². The van der Waals surface area contributed by atoms with E-state index in [0.717, 1.165) is 44.1 Å². The molecule has 21 heavy (non-hydrogen) atoms. The van der Waals surface area contributed by atoms with Crippen molar-refractivity contribution in [2.45, 2.75) is 89.6 Å². The third-order valence-corrected chi connectivity index (χ3v) is 6.54. The van der Waals surface area contributed by atoms with Gasteiger partial charge in [0.1, 0.15) is 5.60 Å². The summed E-state index contributed by atoms with van der Waals surface area (Å²) in [5.41, 5.74) is 0.0930. The lowest BCUT2D eigenvalue weighted by Crippen LogP contribution is -2.59. The average molecular weight is 294 g/mol. The van der Waals surface area contributed by atoms with Gasteiger partial charge in [-0.1, -0.05) is 26.3 Å². The Morgan fingerprint density at radius 3 is 2.76 bits per heavy atom. The molecule has 2 aliphatic carbocycles. The molecule has 0 aromatic carbocycles. The number of allylic oxidation sites excluding steroid dienone is 1. The first-order valence-electron chi connectivity index (χ1n) is 8.53. The molecule has 3 heteroatoms. The van der Waals surface area contributed by atoms with E-state index in [1.165, 1.54) is 0 Å². The second-order valence-corrected chi connectivity index (χ2v) is 8.11. The predicted molar refractivity (Wildman–Crippen MR) is 83.0 cm³/mol. The van der Waals surface area contributed by atoms with Crippen molar-refractivity contribution in [3.8, 4) is 0 Å². The summed E-state index contributed by atoms with van der Waals surface area (Å²) in [6.07, 6.45) is 6.79. The zero-order valence-electron chi connectivity index (χ0n) is 13.9. The number of ether oxygens (including phenoxy) is 1. The number of hydrogen-bond donors (Lipinski definition) is 2. The molecule has 2 fully saturated rings. The molecule has 0 radical (unpaired) electrons. The Labute approximate surface area is 128 Å². The quantitative estimate of drug-likeness (QED) is 0.786. The number of aliphatic hydroxyl groups is 2. The zero-order valence-corrected chi connectivity index (χ0v) is 13.9. The molecule has 0 unspecified atom stereocenters. The Bertz CT molecular complexity index is 455. The molecule has 2 N–H and O–H groups in total. The molecule has 1 heterocycles. The lowest BCUT2D eigenvalue weighted by atomic mass is 9.53. The molecule has 1 spiro atoms. The summed E-state index contributed by atoms with van der Waals surface area (Å²) in [6.45, 7) is 8.55. The molecule has 1 saturated carbocycles. The Morgan fingerprint density at radius 1 is 1.38 bits per heavy atom. The Balaban J connectivity index is 2.07. The number of hydrogen-bond acceptors (Lipinski definition) is 3. The molecule has 3 aliphatic rings. The highest BCUT2D eigenvalue weighted by molar-refractivity contribution is 5.35. The van der Waals surface area contributed by atoms with Crippen molar-refractivity contribution in [2.75, 3.05) is 0 Å². The monoisotopic (exact) mass is 294 g/mol. The summed E-state index contributed by atoms with van der Waals surface area (Å²) < 4.78 is 6.63. The second-order valence-electron chi connectivity index (χ2n) is 8.11. The van der Waals surface area contributed by atoms with Gasteiger partial charge >= 0.3 is 0 Å². The molecular formula is C18H30O3. The molecule has 5 atom stereocenters. The largest absolute Gasteiger partial charge is 0.392 e. The minimum Gasteiger partial charge on any atom is -0.392 e. The second kappa shape index (κ2) is 4.81. The van der Waals surface area contributed by atoms with Crippen LogP contribution in [0.25, 0.3) is 0 Å². The van der Waals surface area contributed by atoms with Gasteiger partial charge in [0.2, 0.25) is 0 Å². The van der Waals surface area contributed by atoms with Crippen LogP contribution in [0.5, 0.6) is 0 Å². The van der Waals surface area contributed by atoms with Crippen molar-refractivity contribution >= 4 is 0 Å². The number of aliphatic hydroxyl groups excluding tert-OH is 2. The third-order valence-electron chi connectivity index (χ3n) is 6.54. The van der Waals surface area contributed by atoms with E-state index < -0.39 is 11.7 Å². The van der Waals surface area contributed by atoms with Gasteiger partial charge in [-0.3, -0.25) is 0 Å². The molecule has 2 bridgehead atoms. The van der Waals surface area contributed by atoms with Crippen molar-refractivity contribution in [1.82, 2.24) is 0 Å². The highest BCUT2D eigenvalue weighted by Gasteiger charge is 2.68. The van der Waals surface area contributed by atoms with Crippen LogP contribution in [0.1, 0.15) is 66.2 Å². The van der Waals surface area contributed by atoms with E-state index in [1.807, 2.05) is 0 Å². The number of fused-ring (bicyclic) bond motifs is 1. The third kappa shape index (κ3) is 1.97. The Kier molecular flexibility index (Phi) is 3.55. The predicted octanol–water partition coefficient (Wildman–Crippen LogP) is 3.19. The van der Waals surface area contributed by atoms with Crippen molar-refractivity contribution < 1.29 is 14.9 Å². The smallest absolute Gasteiger partial charge is 0.100 e. The van der Waals surface area contributed by atoms with Gasteiger partial charge < -0.3 is 14.9 Å². The summed E-state index contributed by atoms with van der Waals surface area (Å²) in [6, 6.07) is 0. The minimum atomic E-state index is -0.467. The summed E-state index contributed by atoms with van der Waals surface area (Å²) in [5, 5.41) is 21.5. The summed E-state index contributed by atoms with van der Waals surface area (Å²) in [4.78, 5) is 0. The van der Waals surface area contributed by atoms with E-state index in [9.17, 15) is 10.2 Å². The van der Waals surface area contributed by atoms with E-state index in [-0.39, 0.29) is 17.1 Å². The Hall–Kier alpha value is -0.380. The molecule has 1 aliphatic heterocycles. The molecule has 0 aromatic rings. The van der Waals surface area contributed by atoms with Crippen molar-refractivity contribution in [3.63, 3.8) is 0 Å². The van der Waals surface area contributed by atoms with Crippen LogP contribution in [0, 0.1) is 11.3 Å². The first-order valence-corrected chi connectivity index (χ1v) is 8.53. The molecule has 120 valence electrons. The highest BCUT2D eigenvalue weighted by atomic mass is 16.5. The maximum Gasteiger partial charge on any atom is 0.100 e. The topological polar surface area (TPSA) is 49.7 Å². The number of rotatable bonds is 3. The van der Waals surface area contributed by atoms with Gasteiger partial charge in [0.25, 0.3) is 0 Å². The molecule has 0 amide bonds. The van der Waals surface area contributed by atoms with Crippen LogP contribution < -0.4 is 0 Å². The minimum absolute atomic E-state index is 0.221. The normalized spacial score (nSPS) is 45.9. The van der Waals surface area contributed by atoms with Gasteiger partial charge in [0.05, 0.1) is 17.8 Å². The van der Waals surface area contributed by atoms with Crippen LogP contribution in [-0.4, -0.2) is 33.6 Å². The highest BCUT2D eigenvalue weighted by Crippen LogP contribution is 2.65. The average Bonchev–Trinajstić information content (AvgIpc) is 2.62. The van der Waals surface area contributed by atoms with E-state index >= 15 is 0 Å². The summed E-state index contributed by atoms with van der Waals surface area (Å²) in [5.74, 6) is 0.371. The molecule has 0 aromatic heterocycles. The van der Waals surface area contributed by atoms with Crippen molar-refractivity contribution in [1.29, 1.82) is 0 Å². The molecule has 3 nitrogen and oxygen atoms in total. The van der Waals surface area contributed by atoms with Crippen molar-refractivity contribution in [3.05, 3.63) is 11.6 Å².